The number of hydrogen-bond donors (Lipinski definition) is 0. The molecule has 0 N–H and O–H groups in total. The Labute approximate surface area is 43.8 Å². The van der Waals surface area contributed by atoms with E-state index in [1.54, 1.807) is 0 Å². The average Bonchev–Trinajstić information content (AvgIpc) is 1.83. The molecule has 0 saturated heterocycles. The fourth-order valence-electron chi connectivity index (χ4n) is 0.642. The van der Waals surface area contributed by atoms with Crippen LogP contribution in [-0.4, -0.2) is 0 Å². The van der Waals surface area contributed by atoms with E-state index < -0.39 is 6.40 Å². The molecule has 0 radical (unpaired) electrons. The van der Waals surface area contributed by atoms with E-state index in [1.807, 2.05) is 0 Å². The van der Waals surface area contributed by atoms with Crippen molar-refractivity contribution in [3.05, 3.63) is 0 Å². The Balaban J connectivity index is 2.41. The molecular weight excluding hydrogens is 72.1 g/mol. The van der Waals surface area contributed by atoms with E-state index in [2.05, 4.69) is 0 Å². The summed E-state index contributed by atoms with van der Waals surface area (Å²) in [6.07, 6.45) is 1.59. The summed E-state index contributed by atoms with van der Waals surface area (Å²) in [6.45, 7) is 0. The quantitative estimate of drug-likeness (QED) is 0.425. The maximum atomic E-state index is 7.31. The molecule has 36 valence electrons. The van der Waals surface area contributed by atoms with E-state index in [0.717, 1.165) is 19.3 Å². The maximum absolute atomic E-state index is 7.31. The van der Waals surface area contributed by atoms with E-state index in [1.165, 1.54) is 0 Å². The first-order valence-electron chi connectivity index (χ1n) is 4.22. The lowest BCUT2D eigenvalue weighted by Gasteiger charge is -2.05. The van der Waals surface area contributed by atoms with Gasteiger partial charge in [-0.05, 0) is 0 Å². The summed E-state index contributed by atoms with van der Waals surface area (Å²) in [4.78, 5) is 0. The van der Waals surface area contributed by atoms with Gasteiger partial charge in [-0.25, -0.2) is 0 Å². The van der Waals surface area contributed by atoms with Crippen molar-refractivity contribution in [1.82, 2.24) is 0 Å². The van der Waals surface area contributed by atoms with Crippen LogP contribution in [0.5, 0.6) is 0 Å². The zero-order valence-electron chi connectivity index (χ0n) is 6.85. The van der Waals surface area contributed by atoms with Crippen molar-refractivity contribution in [2.75, 3.05) is 0 Å². The van der Waals surface area contributed by atoms with Crippen molar-refractivity contribution < 1.29 is 4.11 Å². The van der Waals surface area contributed by atoms with Gasteiger partial charge >= 0.3 is 0 Å². The van der Waals surface area contributed by atoms with Crippen LogP contribution in [0.15, 0.2) is 0 Å². The van der Waals surface area contributed by atoms with Gasteiger partial charge in [0.1, 0.15) is 0 Å². The van der Waals surface area contributed by atoms with Crippen molar-refractivity contribution in [2.24, 2.45) is 0 Å². The van der Waals surface area contributed by atoms with Gasteiger partial charge in [0.2, 0.25) is 0 Å². The second-order valence-electron chi connectivity index (χ2n) is 1.59. The summed E-state index contributed by atoms with van der Waals surface area (Å²) in [5.41, 5.74) is 0. The van der Waals surface area contributed by atoms with Crippen LogP contribution in [0.2, 0.25) is 0 Å². The zero-order valence-corrected chi connectivity index (χ0v) is 3.85. The van der Waals surface area contributed by atoms with Crippen molar-refractivity contribution in [3.8, 4) is 0 Å². The lowest BCUT2D eigenvalue weighted by Crippen LogP contribution is -1.85. The third-order valence-electron chi connectivity index (χ3n) is 1.01. The van der Waals surface area contributed by atoms with Gasteiger partial charge < -0.3 is 0 Å². The lowest BCUT2D eigenvalue weighted by molar-refractivity contribution is 0.504. The third kappa shape index (κ3) is 1.00. The van der Waals surface area contributed by atoms with Crippen molar-refractivity contribution in [1.29, 1.82) is 0 Å². The van der Waals surface area contributed by atoms with E-state index in [-0.39, 0.29) is 12.8 Å². The minimum Gasteiger partial charge on any atom is -0.0533 e. The normalized spacial score (nSPS) is 68.0. The summed E-state index contributed by atoms with van der Waals surface area (Å²) in [5.74, 6) is 0. The average molecular weight is 87.2 g/mol. The van der Waals surface area contributed by atoms with Gasteiger partial charge in [-0.15, -0.1) is 0 Å². The standard InChI is InChI=1S/C6H12/c1-2-4-6-5-3-1/h1-6H2/i1D,2D,3D. The van der Waals surface area contributed by atoms with Gasteiger partial charge in [-0.3, -0.25) is 0 Å². The Kier molecular flexibility index (Phi) is 0.686. The van der Waals surface area contributed by atoms with Crippen LogP contribution in [0.3, 0.4) is 0 Å². The number of hydrogen-bond acceptors (Lipinski definition) is 0. The van der Waals surface area contributed by atoms with Crippen LogP contribution >= 0.6 is 0 Å². The molecule has 0 amide bonds. The molecule has 0 heterocycles. The molecule has 0 spiro atoms. The Morgan fingerprint density at radius 3 is 2.00 bits per heavy atom. The van der Waals surface area contributed by atoms with Crippen LogP contribution < -0.4 is 0 Å². The van der Waals surface area contributed by atoms with Crippen LogP contribution in [0.4, 0.5) is 0 Å². The molecule has 0 aromatic rings. The van der Waals surface area contributed by atoms with Crippen molar-refractivity contribution in [2.45, 2.75) is 38.5 Å². The van der Waals surface area contributed by atoms with Crippen LogP contribution in [0.25, 0.3) is 0 Å². The molecule has 0 bridgehead atoms. The lowest BCUT2D eigenvalue weighted by atomic mass is 10.0. The largest absolute Gasteiger partial charge is 0.0533 e. The number of rotatable bonds is 0. The van der Waals surface area contributed by atoms with E-state index in [9.17, 15) is 0 Å². The topological polar surface area (TPSA) is 0 Å². The second-order valence-corrected chi connectivity index (χ2v) is 1.59. The second kappa shape index (κ2) is 2.22. The molecule has 1 rings (SSSR count). The van der Waals surface area contributed by atoms with Gasteiger partial charge in [-0.2, -0.15) is 0 Å². The molecule has 0 heteroatoms. The molecule has 6 heavy (non-hydrogen) atoms. The van der Waals surface area contributed by atoms with Gasteiger partial charge in [0.15, 0.2) is 0 Å². The minimum atomic E-state index is -0.446. The van der Waals surface area contributed by atoms with Crippen LogP contribution in [-0.2, 0) is 0 Å². The summed E-state index contributed by atoms with van der Waals surface area (Å²) in [7, 11) is 0. The predicted molar refractivity (Wildman–Crippen MR) is 27.7 cm³/mol. The Hall–Kier alpha value is 0. The van der Waals surface area contributed by atoms with Gasteiger partial charge in [0, 0.05) is 4.11 Å². The summed E-state index contributed by atoms with van der Waals surface area (Å²) in [5, 5.41) is 0. The first-order valence-corrected chi connectivity index (χ1v) is 2.48. The summed E-state index contributed by atoms with van der Waals surface area (Å²) >= 11 is 0. The molecule has 1 aliphatic rings. The van der Waals surface area contributed by atoms with E-state index in [0.29, 0.717) is 0 Å². The zero-order chi connectivity index (χ0) is 6.85. The molecule has 1 saturated carbocycles. The summed E-state index contributed by atoms with van der Waals surface area (Å²) in [6, 6.07) is 0. The van der Waals surface area contributed by atoms with Crippen LogP contribution in [0, 0.1) is 0 Å². The Morgan fingerprint density at radius 2 is 1.50 bits per heavy atom. The first-order chi connectivity index (χ1) is 4.22. The highest BCUT2D eigenvalue weighted by molar-refractivity contribution is 4.51. The third-order valence-corrected chi connectivity index (χ3v) is 1.01. The highest BCUT2D eigenvalue weighted by Crippen LogP contribution is 2.15. The Bertz CT molecular complexity index is 84.3. The highest BCUT2D eigenvalue weighted by Gasteiger charge is 1.95. The molecule has 0 aromatic carbocycles. The minimum absolute atomic E-state index is 0.291. The van der Waals surface area contributed by atoms with Crippen molar-refractivity contribution >= 4 is 0 Å². The smallest absolute Gasteiger partial charge is 0.0267 e. The fourth-order valence-corrected chi connectivity index (χ4v) is 0.642. The van der Waals surface area contributed by atoms with Gasteiger partial charge in [-0.1, -0.05) is 38.5 Å². The van der Waals surface area contributed by atoms with Gasteiger partial charge in [0.05, 0.1) is 0 Å². The molecule has 0 nitrogen and oxygen atoms in total. The predicted octanol–water partition coefficient (Wildman–Crippen LogP) is 2.34. The molecule has 1 aliphatic carbocycles. The maximum Gasteiger partial charge on any atom is 0.0267 e. The molecule has 0 aliphatic heterocycles. The monoisotopic (exact) mass is 87.1 g/mol. The molecule has 0 aromatic heterocycles. The Morgan fingerprint density at radius 1 is 0.833 bits per heavy atom. The molecule has 1 fully saturated rings. The molecular formula is C6H12. The van der Waals surface area contributed by atoms with Crippen molar-refractivity contribution in [3.63, 3.8) is 0 Å². The highest BCUT2D eigenvalue weighted by atomic mass is 14.0. The van der Waals surface area contributed by atoms with Gasteiger partial charge in [0.25, 0.3) is 0 Å². The molecule has 2 unspecified atom stereocenters. The fraction of sp³-hybridized carbons (Fsp3) is 1.00. The summed E-state index contributed by atoms with van der Waals surface area (Å²) < 4.78 is 21.9. The SMILES string of the molecule is [2H]C1CCCC([2H])C1[2H]. The van der Waals surface area contributed by atoms with Crippen LogP contribution in [0.1, 0.15) is 42.6 Å². The van der Waals surface area contributed by atoms with E-state index >= 15 is 0 Å². The van der Waals surface area contributed by atoms with E-state index in [4.69, 9.17) is 4.11 Å². The molecule has 2 atom stereocenters. The first kappa shape index (κ1) is 1.85.